The summed E-state index contributed by atoms with van der Waals surface area (Å²) in [5, 5.41) is 11.8. The van der Waals surface area contributed by atoms with E-state index in [0.29, 0.717) is 0 Å². The number of rotatable bonds is 4. The van der Waals surface area contributed by atoms with Gasteiger partial charge in [-0.3, -0.25) is 9.59 Å². The Balaban J connectivity index is 1.88. The second-order valence-corrected chi connectivity index (χ2v) is 6.85. The topological polar surface area (TPSA) is 66.8 Å². The summed E-state index contributed by atoms with van der Waals surface area (Å²) in [6.45, 7) is 1.93. The lowest BCUT2D eigenvalue weighted by Gasteiger charge is -2.34. The van der Waals surface area contributed by atoms with E-state index in [1.165, 1.54) is 4.90 Å². The number of carbonyl (C=O) groups excluding carboxylic acids is 2. The van der Waals surface area contributed by atoms with Crippen molar-refractivity contribution in [3.8, 4) is 5.75 Å². The molecule has 3 aromatic rings. The van der Waals surface area contributed by atoms with Gasteiger partial charge in [-0.05, 0) is 47.0 Å². The normalized spacial score (nSPS) is 16.1. The quantitative estimate of drug-likeness (QED) is 0.701. The van der Waals surface area contributed by atoms with Crippen LogP contribution in [0.15, 0.2) is 60.7 Å². The molecule has 1 aliphatic heterocycles. The van der Waals surface area contributed by atoms with E-state index in [1.54, 1.807) is 19.1 Å². The van der Waals surface area contributed by atoms with Crippen molar-refractivity contribution in [1.29, 1.82) is 0 Å². The molecule has 142 valence electrons. The molecule has 0 spiro atoms. The fourth-order valence-electron chi connectivity index (χ4n) is 3.91. The molecule has 5 nitrogen and oxygen atoms in total. The number of phenols is 1. The van der Waals surface area contributed by atoms with E-state index in [1.807, 2.05) is 48.5 Å². The van der Waals surface area contributed by atoms with E-state index in [0.717, 1.165) is 27.6 Å². The standard InChI is InChI=1S/C23H21NO4/c1-2-28-22(27)14-24-20-12-9-15-5-3-4-6-18(15)23(20)19(13-21(24)26)16-7-10-17(25)11-8-16/h3-12,19,25H,2,13-14H2,1H3. The van der Waals surface area contributed by atoms with Crippen LogP contribution in [0.5, 0.6) is 5.75 Å². The fourth-order valence-corrected chi connectivity index (χ4v) is 3.91. The van der Waals surface area contributed by atoms with Crippen LogP contribution in [-0.4, -0.2) is 30.1 Å². The van der Waals surface area contributed by atoms with Crippen molar-refractivity contribution in [2.24, 2.45) is 0 Å². The van der Waals surface area contributed by atoms with E-state index in [-0.39, 0.29) is 37.1 Å². The Labute approximate surface area is 163 Å². The number of anilines is 1. The number of esters is 1. The minimum atomic E-state index is -0.418. The van der Waals surface area contributed by atoms with Crippen LogP contribution in [0.25, 0.3) is 10.8 Å². The number of benzene rings is 3. The highest BCUT2D eigenvalue weighted by Crippen LogP contribution is 2.44. The molecule has 0 saturated heterocycles. The van der Waals surface area contributed by atoms with Crippen LogP contribution < -0.4 is 4.90 Å². The number of carbonyl (C=O) groups is 2. The Morgan fingerprint density at radius 2 is 1.86 bits per heavy atom. The third kappa shape index (κ3) is 3.20. The molecule has 1 heterocycles. The zero-order valence-corrected chi connectivity index (χ0v) is 15.6. The van der Waals surface area contributed by atoms with Crippen molar-refractivity contribution in [2.75, 3.05) is 18.1 Å². The molecule has 4 rings (SSSR count). The lowest BCUT2D eigenvalue weighted by Crippen LogP contribution is -2.41. The van der Waals surface area contributed by atoms with Gasteiger partial charge < -0.3 is 14.7 Å². The van der Waals surface area contributed by atoms with Gasteiger partial charge in [0.1, 0.15) is 12.3 Å². The average molecular weight is 375 g/mol. The SMILES string of the molecule is CCOC(=O)CN1C(=O)CC(c2ccc(O)cc2)c2c1ccc1ccccc21. The summed E-state index contributed by atoms with van der Waals surface area (Å²) in [4.78, 5) is 26.6. The molecule has 1 aliphatic rings. The molecule has 0 saturated carbocycles. The van der Waals surface area contributed by atoms with Crippen molar-refractivity contribution in [1.82, 2.24) is 0 Å². The number of hydrogen-bond acceptors (Lipinski definition) is 4. The van der Waals surface area contributed by atoms with Crippen molar-refractivity contribution in [3.05, 3.63) is 71.8 Å². The largest absolute Gasteiger partial charge is 0.508 e. The number of hydrogen-bond donors (Lipinski definition) is 1. The smallest absolute Gasteiger partial charge is 0.326 e. The Bertz CT molecular complexity index is 1040. The van der Waals surface area contributed by atoms with Gasteiger partial charge in [0.05, 0.1) is 6.61 Å². The molecular weight excluding hydrogens is 354 g/mol. The van der Waals surface area contributed by atoms with Crippen molar-refractivity contribution >= 4 is 28.3 Å². The summed E-state index contributed by atoms with van der Waals surface area (Å²) < 4.78 is 5.06. The van der Waals surface area contributed by atoms with Crippen LogP contribution in [0.1, 0.15) is 30.4 Å². The van der Waals surface area contributed by atoms with Gasteiger partial charge in [-0.15, -0.1) is 0 Å². The number of nitrogens with zero attached hydrogens (tertiary/aromatic N) is 1. The van der Waals surface area contributed by atoms with E-state index in [2.05, 4.69) is 0 Å². The van der Waals surface area contributed by atoms with Gasteiger partial charge in [0.15, 0.2) is 0 Å². The predicted octanol–water partition coefficient (Wildman–Crippen LogP) is 3.98. The maximum Gasteiger partial charge on any atom is 0.326 e. The third-order valence-corrected chi connectivity index (χ3v) is 5.15. The first kappa shape index (κ1) is 18.0. The molecular formula is C23H21NO4. The zero-order valence-electron chi connectivity index (χ0n) is 15.6. The van der Waals surface area contributed by atoms with Gasteiger partial charge in [0.25, 0.3) is 0 Å². The summed E-state index contributed by atoms with van der Waals surface area (Å²) in [6.07, 6.45) is 0.255. The molecule has 1 amide bonds. The van der Waals surface area contributed by atoms with Crippen LogP contribution in [0, 0.1) is 0 Å². The van der Waals surface area contributed by atoms with Crippen LogP contribution in [-0.2, 0) is 14.3 Å². The van der Waals surface area contributed by atoms with Crippen LogP contribution in [0.4, 0.5) is 5.69 Å². The summed E-state index contributed by atoms with van der Waals surface area (Å²) in [5.74, 6) is -0.493. The van der Waals surface area contributed by atoms with Gasteiger partial charge in [-0.25, -0.2) is 0 Å². The molecule has 0 aliphatic carbocycles. The van der Waals surface area contributed by atoms with Crippen LogP contribution >= 0.6 is 0 Å². The van der Waals surface area contributed by atoms with Gasteiger partial charge >= 0.3 is 5.97 Å². The number of amides is 1. The molecule has 0 radical (unpaired) electrons. The minimum absolute atomic E-state index is 0.0969. The predicted molar refractivity (Wildman–Crippen MR) is 108 cm³/mol. The van der Waals surface area contributed by atoms with Gasteiger partial charge in [-0.2, -0.15) is 0 Å². The van der Waals surface area contributed by atoms with Gasteiger partial charge in [0, 0.05) is 18.0 Å². The number of aromatic hydroxyl groups is 1. The maximum atomic E-state index is 13.0. The molecule has 3 aromatic carbocycles. The number of phenolic OH excluding ortho intramolecular Hbond substituents is 1. The second-order valence-electron chi connectivity index (χ2n) is 6.85. The van der Waals surface area contributed by atoms with Crippen LogP contribution in [0.3, 0.4) is 0 Å². The zero-order chi connectivity index (χ0) is 19.7. The first-order valence-corrected chi connectivity index (χ1v) is 9.35. The first-order valence-electron chi connectivity index (χ1n) is 9.35. The Kier molecular flexibility index (Phi) is 4.74. The lowest BCUT2D eigenvalue weighted by molar-refractivity contribution is -0.142. The van der Waals surface area contributed by atoms with Crippen molar-refractivity contribution in [3.63, 3.8) is 0 Å². The fraction of sp³-hybridized carbons (Fsp3) is 0.217. The van der Waals surface area contributed by atoms with Crippen LogP contribution in [0.2, 0.25) is 0 Å². The van der Waals surface area contributed by atoms with E-state index in [4.69, 9.17) is 4.74 Å². The lowest BCUT2D eigenvalue weighted by atomic mass is 9.81. The third-order valence-electron chi connectivity index (χ3n) is 5.15. The number of ether oxygens (including phenoxy) is 1. The second kappa shape index (κ2) is 7.35. The summed E-state index contributed by atoms with van der Waals surface area (Å²) in [7, 11) is 0. The molecule has 1 atom stereocenters. The number of fused-ring (bicyclic) bond motifs is 3. The summed E-state index contributed by atoms with van der Waals surface area (Å²) in [5.41, 5.74) is 2.72. The molecule has 1 unspecified atom stereocenters. The van der Waals surface area contributed by atoms with Crippen molar-refractivity contribution in [2.45, 2.75) is 19.3 Å². The van der Waals surface area contributed by atoms with E-state index >= 15 is 0 Å². The Hall–Kier alpha value is -3.34. The van der Waals surface area contributed by atoms with Gasteiger partial charge in [-0.1, -0.05) is 42.5 Å². The van der Waals surface area contributed by atoms with E-state index < -0.39 is 5.97 Å². The van der Waals surface area contributed by atoms with Gasteiger partial charge in [0.2, 0.25) is 5.91 Å². The summed E-state index contributed by atoms with van der Waals surface area (Å²) >= 11 is 0. The highest BCUT2D eigenvalue weighted by Gasteiger charge is 2.34. The molecule has 1 N–H and O–H groups in total. The molecule has 28 heavy (non-hydrogen) atoms. The molecule has 0 aromatic heterocycles. The summed E-state index contributed by atoms with van der Waals surface area (Å²) in [6, 6.07) is 18.9. The average Bonchev–Trinajstić information content (AvgIpc) is 2.70. The monoisotopic (exact) mass is 375 g/mol. The molecule has 0 bridgehead atoms. The first-order chi connectivity index (χ1) is 13.6. The molecule has 0 fully saturated rings. The van der Waals surface area contributed by atoms with E-state index in [9.17, 15) is 14.7 Å². The minimum Gasteiger partial charge on any atom is -0.508 e. The highest BCUT2D eigenvalue weighted by molar-refractivity contribution is 6.05. The molecule has 5 heteroatoms. The van der Waals surface area contributed by atoms with Crippen molar-refractivity contribution < 1.29 is 19.4 Å². The Morgan fingerprint density at radius 1 is 1.11 bits per heavy atom. The highest BCUT2D eigenvalue weighted by atomic mass is 16.5. The maximum absolute atomic E-state index is 13.0. The Morgan fingerprint density at radius 3 is 2.61 bits per heavy atom.